The minimum absolute atomic E-state index is 0.218. The Morgan fingerprint density at radius 1 is 1.08 bits per heavy atom. The SMILES string of the molecule is CCN1CCN(CCCCNC(=O)Nc2ccc(Cl)c(Cl)c2)CC1. The van der Waals surface area contributed by atoms with Crippen LogP contribution >= 0.6 is 23.2 Å². The molecule has 2 rings (SSSR count). The highest BCUT2D eigenvalue weighted by Gasteiger charge is 2.14. The van der Waals surface area contributed by atoms with Gasteiger partial charge in [0, 0.05) is 38.4 Å². The summed E-state index contributed by atoms with van der Waals surface area (Å²) in [4.78, 5) is 16.8. The third kappa shape index (κ3) is 6.48. The topological polar surface area (TPSA) is 47.6 Å². The maximum atomic E-state index is 11.8. The van der Waals surface area contributed by atoms with Crippen molar-refractivity contribution in [2.75, 3.05) is 51.1 Å². The predicted molar refractivity (Wildman–Crippen MR) is 101 cm³/mol. The fourth-order valence-electron chi connectivity index (χ4n) is 2.74. The van der Waals surface area contributed by atoms with Gasteiger partial charge in [-0.2, -0.15) is 0 Å². The van der Waals surface area contributed by atoms with Crippen molar-refractivity contribution < 1.29 is 4.79 Å². The van der Waals surface area contributed by atoms with E-state index in [4.69, 9.17) is 23.2 Å². The molecule has 1 aliphatic heterocycles. The summed E-state index contributed by atoms with van der Waals surface area (Å²) in [5.74, 6) is 0. The Kier molecular flexibility index (Phi) is 8.12. The van der Waals surface area contributed by atoms with E-state index in [0.717, 1.165) is 39.0 Å². The van der Waals surface area contributed by atoms with Crippen LogP contribution in [0.1, 0.15) is 19.8 Å². The van der Waals surface area contributed by atoms with Gasteiger partial charge in [-0.25, -0.2) is 4.79 Å². The molecular formula is C17H26Cl2N4O. The molecule has 0 unspecified atom stereocenters. The van der Waals surface area contributed by atoms with Gasteiger partial charge in [-0.05, 0) is 44.1 Å². The summed E-state index contributed by atoms with van der Waals surface area (Å²) >= 11 is 11.8. The number of hydrogen-bond donors (Lipinski definition) is 2. The number of urea groups is 1. The Morgan fingerprint density at radius 2 is 1.79 bits per heavy atom. The molecule has 1 aliphatic rings. The number of likely N-dealkylation sites (N-methyl/N-ethyl adjacent to an activating group) is 1. The van der Waals surface area contributed by atoms with Crippen LogP contribution in [0.5, 0.6) is 0 Å². The molecule has 0 atom stereocenters. The number of carbonyl (C=O) groups excluding carboxylic acids is 1. The van der Waals surface area contributed by atoms with Crippen molar-refractivity contribution in [2.45, 2.75) is 19.8 Å². The van der Waals surface area contributed by atoms with E-state index in [0.29, 0.717) is 22.3 Å². The largest absolute Gasteiger partial charge is 0.338 e. The van der Waals surface area contributed by atoms with Crippen LogP contribution in [0, 0.1) is 0 Å². The second-order valence-electron chi connectivity index (χ2n) is 5.99. The van der Waals surface area contributed by atoms with Gasteiger partial charge in [-0.1, -0.05) is 30.1 Å². The van der Waals surface area contributed by atoms with Crippen LogP contribution < -0.4 is 10.6 Å². The molecule has 0 saturated carbocycles. The van der Waals surface area contributed by atoms with Crippen LogP contribution in [0.25, 0.3) is 0 Å². The van der Waals surface area contributed by atoms with Crippen molar-refractivity contribution in [1.82, 2.24) is 15.1 Å². The molecule has 5 nitrogen and oxygen atoms in total. The van der Waals surface area contributed by atoms with Gasteiger partial charge < -0.3 is 20.4 Å². The second-order valence-corrected chi connectivity index (χ2v) is 6.81. The Bertz CT molecular complexity index is 533. The molecule has 1 aromatic carbocycles. The van der Waals surface area contributed by atoms with E-state index in [2.05, 4.69) is 27.4 Å². The predicted octanol–water partition coefficient (Wildman–Crippen LogP) is 3.53. The van der Waals surface area contributed by atoms with E-state index in [1.54, 1.807) is 18.2 Å². The van der Waals surface area contributed by atoms with Crippen molar-refractivity contribution in [3.8, 4) is 0 Å². The summed E-state index contributed by atoms with van der Waals surface area (Å²) in [6.07, 6.45) is 2.07. The van der Waals surface area contributed by atoms with Gasteiger partial charge in [0.25, 0.3) is 0 Å². The lowest BCUT2D eigenvalue weighted by Crippen LogP contribution is -2.46. The third-order valence-electron chi connectivity index (χ3n) is 4.28. The molecule has 2 N–H and O–H groups in total. The van der Waals surface area contributed by atoms with Gasteiger partial charge >= 0.3 is 6.03 Å². The summed E-state index contributed by atoms with van der Waals surface area (Å²) in [5.41, 5.74) is 0.635. The van der Waals surface area contributed by atoms with Crippen LogP contribution in [-0.2, 0) is 0 Å². The molecule has 1 fully saturated rings. The fourth-order valence-corrected chi connectivity index (χ4v) is 3.04. The van der Waals surface area contributed by atoms with Crippen LogP contribution in [0.15, 0.2) is 18.2 Å². The van der Waals surface area contributed by atoms with Crippen molar-refractivity contribution >= 4 is 34.9 Å². The molecule has 7 heteroatoms. The van der Waals surface area contributed by atoms with E-state index in [1.165, 1.54) is 13.1 Å². The van der Waals surface area contributed by atoms with Crippen LogP contribution in [-0.4, -0.2) is 61.6 Å². The van der Waals surface area contributed by atoms with Gasteiger partial charge in [0.05, 0.1) is 10.0 Å². The number of benzene rings is 1. The normalized spacial score (nSPS) is 16.1. The molecule has 0 radical (unpaired) electrons. The van der Waals surface area contributed by atoms with E-state index in [-0.39, 0.29) is 6.03 Å². The van der Waals surface area contributed by atoms with Gasteiger partial charge in [-0.3, -0.25) is 0 Å². The third-order valence-corrected chi connectivity index (χ3v) is 5.02. The fraction of sp³-hybridized carbons (Fsp3) is 0.588. The molecule has 1 aromatic rings. The van der Waals surface area contributed by atoms with Crippen molar-refractivity contribution in [3.05, 3.63) is 28.2 Å². The Morgan fingerprint density at radius 3 is 2.46 bits per heavy atom. The van der Waals surface area contributed by atoms with E-state index in [9.17, 15) is 4.79 Å². The minimum atomic E-state index is -0.218. The summed E-state index contributed by atoms with van der Waals surface area (Å²) in [5, 5.41) is 6.52. The molecule has 1 heterocycles. The van der Waals surface area contributed by atoms with Gasteiger partial charge in [0.1, 0.15) is 0 Å². The summed E-state index contributed by atoms with van der Waals surface area (Å²) in [6, 6.07) is 4.81. The lowest BCUT2D eigenvalue weighted by Gasteiger charge is -2.33. The average Bonchev–Trinajstić information content (AvgIpc) is 2.58. The first kappa shape index (κ1) is 19.3. The smallest absolute Gasteiger partial charge is 0.319 e. The molecule has 1 saturated heterocycles. The number of anilines is 1. The van der Waals surface area contributed by atoms with Crippen LogP contribution in [0.3, 0.4) is 0 Å². The van der Waals surface area contributed by atoms with E-state index < -0.39 is 0 Å². The lowest BCUT2D eigenvalue weighted by atomic mass is 10.2. The first-order valence-corrected chi connectivity index (χ1v) is 9.28. The number of unbranched alkanes of at least 4 members (excludes halogenated alkanes) is 1. The first-order valence-electron chi connectivity index (χ1n) is 8.53. The maximum absolute atomic E-state index is 11.8. The van der Waals surface area contributed by atoms with E-state index in [1.807, 2.05) is 0 Å². The average molecular weight is 373 g/mol. The number of nitrogens with zero attached hydrogens (tertiary/aromatic N) is 2. The zero-order valence-electron chi connectivity index (χ0n) is 14.2. The Balaban J connectivity index is 1.55. The number of amides is 2. The molecule has 0 aromatic heterocycles. The highest BCUT2D eigenvalue weighted by atomic mass is 35.5. The number of carbonyl (C=O) groups is 1. The van der Waals surface area contributed by atoms with Crippen LogP contribution in [0.2, 0.25) is 10.0 Å². The van der Waals surface area contributed by atoms with Crippen LogP contribution in [0.4, 0.5) is 10.5 Å². The quantitative estimate of drug-likeness (QED) is 0.719. The number of nitrogens with one attached hydrogen (secondary N) is 2. The Hall–Kier alpha value is -1.01. The molecule has 0 aliphatic carbocycles. The molecule has 2 amide bonds. The van der Waals surface area contributed by atoms with Gasteiger partial charge in [0.15, 0.2) is 0 Å². The van der Waals surface area contributed by atoms with E-state index >= 15 is 0 Å². The number of hydrogen-bond acceptors (Lipinski definition) is 3. The van der Waals surface area contributed by atoms with Gasteiger partial charge in [-0.15, -0.1) is 0 Å². The number of halogens is 2. The molecular weight excluding hydrogens is 347 g/mol. The first-order chi connectivity index (χ1) is 11.6. The molecule has 24 heavy (non-hydrogen) atoms. The zero-order valence-corrected chi connectivity index (χ0v) is 15.7. The lowest BCUT2D eigenvalue weighted by molar-refractivity contribution is 0.136. The zero-order chi connectivity index (χ0) is 17.4. The molecule has 134 valence electrons. The standard InChI is InChI=1S/C17H26Cl2N4O/c1-2-22-9-11-23(12-10-22)8-4-3-7-20-17(24)21-14-5-6-15(18)16(19)13-14/h5-6,13H,2-4,7-12H2,1H3,(H2,20,21,24). The molecule has 0 bridgehead atoms. The van der Waals surface area contributed by atoms with Crippen molar-refractivity contribution in [2.24, 2.45) is 0 Å². The minimum Gasteiger partial charge on any atom is -0.338 e. The maximum Gasteiger partial charge on any atom is 0.319 e. The van der Waals surface area contributed by atoms with Gasteiger partial charge in [0.2, 0.25) is 0 Å². The highest BCUT2D eigenvalue weighted by Crippen LogP contribution is 2.24. The number of rotatable bonds is 7. The molecule has 0 spiro atoms. The monoisotopic (exact) mass is 372 g/mol. The van der Waals surface area contributed by atoms with Crippen molar-refractivity contribution in [1.29, 1.82) is 0 Å². The van der Waals surface area contributed by atoms with Crippen molar-refractivity contribution in [3.63, 3.8) is 0 Å². The summed E-state index contributed by atoms with van der Waals surface area (Å²) < 4.78 is 0. The summed E-state index contributed by atoms with van der Waals surface area (Å²) in [7, 11) is 0. The highest BCUT2D eigenvalue weighted by molar-refractivity contribution is 6.42. The Labute approximate surface area is 154 Å². The summed E-state index contributed by atoms with van der Waals surface area (Å²) in [6.45, 7) is 9.77. The number of piperazine rings is 1. The second kappa shape index (κ2) is 10.1.